The van der Waals surface area contributed by atoms with Gasteiger partial charge in [-0.3, -0.25) is 10.1 Å². The van der Waals surface area contributed by atoms with E-state index < -0.39 is 0 Å². The fourth-order valence-electron chi connectivity index (χ4n) is 1.73. The van der Waals surface area contributed by atoms with E-state index >= 15 is 0 Å². The van der Waals surface area contributed by atoms with Crippen molar-refractivity contribution < 1.29 is 4.92 Å². The molecule has 0 atom stereocenters. The molecule has 1 heterocycles. The van der Waals surface area contributed by atoms with E-state index in [0.29, 0.717) is 0 Å². The number of allylic oxidation sites excluding steroid dienone is 1. The van der Waals surface area contributed by atoms with Gasteiger partial charge in [-0.05, 0) is 19.1 Å². The summed E-state index contributed by atoms with van der Waals surface area (Å²) < 4.78 is 2.03. The lowest BCUT2D eigenvalue weighted by Crippen LogP contribution is -1.96. The van der Waals surface area contributed by atoms with Crippen LogP contribution in [0.3, 0.4) is 0 Å². The molecule has 0 amide bonds. The van der Waals surface area contributed by atoms with Crippen LogP contribution in [-0.2, 0) is 6.54 Å². The average molecular weight is 216 g/mol. The van der Waals surface area contributed by atoms with E-state index in [1.807, 2.05) is 23.8 Å². The molecule has 0 unspecified atom stereocenters. The van der Waals surface area contributed by atoms with Gasteiger partial charge in [0.05, 0.1) is 4.92 Å². The maximum absolute atomic E-state index is 10.6. The summed E-state index contributed by atoms with van der Waals surface area (Å²) >= 11 is 0. The minimum absolute atomic E-state index is 0.126. The van der Waals surface area contributed by atoms with Crippen molar-refractivity contribution in [3.8, 4) is 0 Å². The molecule has 0 N–H and O–H groups in total. The average Bonchev–Trinajstić information content (AvgIpc) is 2.60. The molecule has 0 aliphatic heterocycles. The van der Waals surface area contributed by atoms with Crippen LogP contribution in [0.25, 0.3) is 10.9 Å². The van der Waals surface area contributed by atoms with Crippen LogP contribution in [0.15, 0.2) is 42.6 Å². The quantitative estimate of drug-likeness (QED) is 0.449. The summed E-state index contributed by atoms with van der Waals surface area (Å²) in [6.45, 7) is 6.55. The highest BCUT2D eigenvalue weighted by Crippen LogP contribution is 2.22. The number of fused-ring (bicyclic) bond motifs is 1. The third kappa shape index (κ3) is 1.82. The maximum atomic E-state index is 10.6. The van der Waals surface area contributed by atoms with Crippen LogP contribution in [0.1, 0.15) is 6.92 Å². The first-order chi connectivity index (χ1) is 7.58. The highest BCUT2D eigenvalue weighted by Gasteiger charge is 2.08. The predicted molar refractivity (Wildman–Crippen MR) is 63.4 cm³/mol. The van der Waals surface area contributed by atoms with Gasteiger partial charge in [-0.25, -0.2) is 0 Å². The minimum atomic E-state index is -0.379. The van der Waals surface area contributed by atoms with Crippen molar-refractivity contribution in [3.05, 3.63) is 52.7 Å². The highest BCUT2D eigenvalue weighted by molar-refractivity contribution is 5.82. The van der Waals surface area contributed by atoms with E-state index in [9.17, 15) is 10.1 Å². The van der Waals surface area contributed by atoms with Gasteiger partial charge in [0, 0.05) is 35.8 Å². The molecule has 0 saturated heterocycles. The summed E-state index contributed by atoms with van der Waals surface area (Å²) in [5.41, 5.74) is 2.17. The SMILES string of the molecule is C=C(C)Cn1ccc2cc([N+](=O)[O-])ccc21. The summed E-state index contributed by atoms with van der Waals surface area (Å²) in [5, 5.41) is 11.5. The van der Waals surface area contributed by atoms with Crippen molar-refractivity contribution in [2.75, 3.05) is 0 Å². The molecule has 1 aromatic heterocycles. The maximum Gasteiger partial charge on any atom is 0.270 e. The van der Waals surface area contributed by atoms with Crippen LogP contribution in [0.4, 0.5) is 5.69 Å². The Morgan fingerprint density at radius 1 is 1.50 bits per heavy atom. The monoisotopic (exact) mass is 216 g/mol. The molecule has 4 heteroatoms. The van der Waals surface area contributed by atoms with Crippen LogP contribution in [0.5, 0.6) is 0 Å². The number of hydrogen-bond donors (Lipinski definition) is 0. The predicted octanol–water partition coefficient (Wildman–Crippen LogP) is 3.13. The molecule has 0 saturated carbocycles. The lowest BCUT2D eigenvalue weighted by molar-refractivity contribution is -0.384. The number of rotatable bonds is 3. The van der Waals surface area contributed by atoms with Gasteiger partial charge in [-0.15, -0.1) is 0 Å². The second-order valence-electron chi connectivity index (χ2n) is 3.90. The van der Waals surface area contributed by atoms with Crippen molar-refractivity contribution in [2.45, 2.75) is 13.5 Å². The second kappa shape index (κ2) is 3.81. The van der Waals surface area contributed by atoms with Gasteiger partial charge < -0.3 is 4.57 Å². The number of nitro benzene ring substituents is 1. The molecular formula is C12H12N2O2. The molecule has 1 aromatic carbocycles. The third-order valence-electron chi connectivity index (χ3n) is 2.41. The van der Waals surface area contributed by atoms with Gasteiger partial charge in [0.25, 0.3) is 5.69 Å². The molecule has 0 fully saturated rings. The lowest BCUT2D eigenvalue weighted by Gasteiger charge is -2.03. The smallest absolute Gasteiger partial charge is 0.270 e. The number of benzene rings is 1. The Hall–Kier alpha value is -2.10. The number of nitro groups is 1. The Labute approximate surface area is 93.0 Å². The zero-order valence-corrected chi connectivity index (χ0v) is 9.01. The largest absolute Gasteiger partial charge is 0.343 e. The Balaban J connectivity index is 2.50. The Morgan fingerprint density at radius 2 is 2.25 bits per heavy atom. The van der Waals surface area contributed by atoms with Crippen molar-refractivity contribution in [2.24, 2.45) is 0 Å². The molecule has 0 spiro atoms. The van der Waals surface area contributed by atoms with Gasteiger partial charge >= 0.3 is 0 Å². The first-order valence-electron chi connectivity index (χ1n) is 4.95. The molecule has 82 valence electrons. The Kier molecular flexibility index (Phi) is 2.48. The van der Waals surface area contributed by atoms with Gasteiger partial charge in [-0.1, -0.05) is 12.2 Å². The summed E-state index contributed by atoms with van der Waals surface area (Å²) in [6, 6.07) is 6.77. The van der Waals surface area contributed by atoms with Gasteiger partial charge in [0.1, 0.15) is 0 Å². The fraction of sp³-hybridized carbons (Fsp3) is 0.167. The van der Waals surface area contributed by atoms with Gasteiger partial charge in [0.15, 0.2) is 0 Å². The standard InChI is InChI=1S/C12H12N2O2/c1-9(2)8-13-6-5-10-7-11(14(15)16)3-4-12(10)13/h3-7H,1,8H2,2H3. The summed E-state index contributed by atoms with van der Waals surface area (Å²) in [7, 11) is 0. The van der Waals surface area contributed by atoms with E-state index in [1.54, 1.807) is 12.1 Å². The summed E-state index contributed by atoms with van der Waals surface area (Å²) in [5.74, 6) is 0. The number of aromatic nitrogens is 1. The molecule has 0 bridgehead atoms. The Morgan fingerprint density at radius 3 is 2.88 bits per heavy atom. The highest BCUT2D eigenvalue weighted by atomic mass is 16.6. The summed E-state index contributed by atoms with van der Waals surface area (Å²) in [6.07, 6.45) is 1.92. The molecule has 4 nitrogen and oxygen atoms in total. The second-order valence-corrected chi connectivity index (χ2v) is 3.90. The number of non-ortho nitro benzene ring substituents is 1. The third-order valence-corrected chi connectivity index (χ3v) is 2.41. The van der Waals surface area contributed by atoms with E-state index in [2.05, 4.69) is 6.58 Å². The van der Waals surface area contributed by atoms with E-state index in [0.717, 1.165) is 23.0 Å². The van der Waals surface area contributed by atoms with Crippen molar-refractivity contribution in [3.63, 3.8) is 0 Å². The van der Waals surface area contributed by atoms with Crippen molar-refractivity contribution >= 4 is 16.6 Å². The molecule has 16 heavy (non-hydrogen) atoms. The molecule has 0 aliphatic rings. The van der Waals surface area contributed by atoms with E-state index in [-0.39, 0.29) is 10.6 Å². The lowest BCUT2D eigenvalue weighted by atomic mass is 10.2. The van der Waals surface area contributed by atoms with Gasteiger partial charge in [0.2, 0.25) is 0 Å². The van der Waals surface area contributed by atoms with E-state index in [4.69, 9.17) is 0 Å². The number of nitrogens with zero attached hydrogens (tertiary/aromatic N) is 2. The normalized spacial score (nSPS) is 10.6. The van der Waals surface area contributed by atoms with Crippen molar-refractivity contribution in [1.29, 1.82) is 0 Å². The molecule has 0 aliphatic carbocycles. The van der Waals surface area contributed by atoms with Crippen LogP contribution < -0.4 is 0 Å². The van der Waals surface area contributed by atoms with E-state index in [1.165, 1.54) is 6.07 Å². The summed E-state index contributed by atoms with van der Waals surface area (Å²) in [4.78, 5) is 10.2. The molecule has 2 aromatic rings. The van der Waals surface area contributed by atoms with Crippen LogP contribution in [0, 0.1) is 10.1 Å². The molecule has 2 rings (SSSR count). The van der Waals surface area contributed by atoms with Crippen LogP contribution >= 0.6 is 0 Å². The zero-order chi connectivity index (χ0) is 11.7. The van der Waals surface area contributed by atoms with Gasteiger partial charge in [-0.2, -0.15) is 0 Å². The minimum Gasteiger partial charge on any atom is -0.343 e. The van der Waals surface area contributed by atoms with Crippen LogP contribution in [0.2, 0.25) is 0 Å². The number of hydrogen-bond acceptors (Lipinski definition) is 2. The van der Waals surface area contributed by atoms with Crippen LogP contribution in [-0.4, -0.2) is 9.49 Å². The molecule has 0 radical (unpaired) electrons. The molecular weight excluding hydrogens is 204 g/mol. The first-order valence-corrected chi connectivity index (χ1v) is 4.95. The first kappa shape index (κ1) is 10.4. The zero-order valence-electron chi connectivity index (χ0n) is 9.01. The Bertz CT molecular complexity index is 569. The topological polar surface area (TPSA) is 48.1 Å². The fourth-order valence-corrected chi connectivity index (χ4v) is 1.73. The van der Waals surface area contributed by atoms with Crippen molar-refractivity contribution in [1.82, 2.24) is 4.57 Å².